The smallest absolute Gasteiger partial charge is 0.435 e. The lowest BCUT2D eigenvalue weighted by molar-refractivity contribution is -0.150. The van der Waals surface area contributed by atoms with Gasteiger partial charge in [0.2, 0.25) is 0 Å². The van der Waals surface area contributed by atoms with Crippen LogP contribution in [0.5, 0.6) is 0 Å². The fourth-order valence-electron chi connectivity index (χ4n) is 6.11. The van der Waals surface area contributed by atoms with Crippen molar-refractivity contribution in [2.75, 3.05) is 25.0 Å². The number of carbonyl (C=O) groups is 3. The number of hydrogen-bond acceptors (Lipinski definition) is 9. The van der Waals surface area contributed by atoms with Gasteiger partial charge < -0.3 is 32.6 Å². The molecule has 8 N–H and O–H groups in total. The Morgan fingerprint density at radius 2 is 1.89 bits per heavy atom. The van der Waals surface area contributed by atoms with E-state index >= 15 is 0 Å². The maximum Gasteiger partial charge on any atom is 0.435 e. The first-order valence-corrected chi connectivity index (χ1v) is 15.5. The summed E-state index contributed by atoms with van der Waals surface area (Å²) in [6.45, 7) is 5.31. The van der Waals surface area contributed by atoms with Crippen molar-refractivity contribution in [3.05, 3.63) is 40.7 Å². The van der Waals surface area contributed by atoms with E-state index in [0.29, 0.717) is 51.0 Å². The van der Waals surface area contributed by atoms with E-state index in [0.717, 1.165) is 17.5 Å². The molecule has 0 radical (unpaired) electrons. The molecule has 2 aliphatic carbocycles. The molecular weight excluding hydrogens is 591 g/mol. The third kappa shape index (κ3) is 8.82. The van der Waals surface area contributed by atoms with Crippen LogP contribution in [0, 0.1) is 5.41 Å². The Morgan fingerprint density at radius 3 is 2.53 bits per heavy atom. The van der Waals surface area contributed by atoms with Gasteiger partial charge in [-0.05, 0) is 75.1 Å². The van der Waals surface area contributed by atoms with Crippen LogP contribution in [-0.4, -0.2) is 65.3 Å². The molecule has 248 valence electrons. The van der Waals surface area contributed by atoms with Crippen molar-refractivity contribution in [2.45, 2.75) is 96.0 Å². The molecule has 14 heteroatoms. The lowest BCUT2D eigenvalue weighted by atomic mass is 9.75. The Balaban J connectivity index is 1.41. The highest BCUT2D eigenvalue weighted by Crippen LogP contribution is 2.42. The standard InChI is InChI=1S/C31H44F3N7O4/c1-30(2)15-24-27(25(42)16-30)28(31(32,33)34)40-41(24)20-7-10-22(29(37)44)23(14-20)39-19-5-8-21(9-6-19)45-26(43)11-13-38-17-18(36)4-3-12-35/h7,10,14,18-19,21,38-39H,3-6,8-9,11-13,15-17,35-36H2,1-2H3,(H2,37,44)/t18-,19?,21?/m0/s1. The molecule has 0 spiro atoms. The molecule has 1 saturated carbocycles. The Hall–Kier alpha value is -3.49. The number of nitrogens with zero attached hydrogens (tertiary/aromatic N) is 2. The van der Waals surface area contributed by atoms with Crippen LogP contribution in [0.25, 0.3) is 5.69 Å². The quantitative estimate of drug-likeness (QED) is 0.163. The third-order valence-electron chi connectivity index (χ3n) is 8.35. The average molecular weight is 636 g/mol. The molecule has 1 fully saturated rings. The van der Waals surface area contributed by atoms with E-state index in [1.807, 2.05) is 13.8 Å². The number of benzene rings is 1. The number of ketones is 1. The minimum atomic E-state index is -4.81. The highest BCUT2D eigenvalue weighted by molar-refractivity contribution is 6.00. The lowest BCUT2D eigenvalue weighted by Gasteiger charge is -2.30. The van der Waals surface area contributed by atoms with Gasteiger partial charge in [0.15, 0.2) is 11.5 Å². The maximum absolute atomic E-state index is 13.9. The van der Waals surface area contributed by atoms with Crippen LogP contribution >= 0.6 is 0 Å². The normalized spacial score (nSPS) is 20.4. The summed E-state index contributed by atoms with van der Waals surface area (Å²) in [6, 6.07) is 4.36. The van der Waals surface area contributed by atoms with Gasteiger partial charge >= 0.3 is 12.1 Å². The number of alkyl halides is 3. The Kier molecular flexibility index (Phi) is 10.9. The molecule has 1 atom stereocenters. The summed E-state index contributed by atoms with van der Waals surface area (Å²) in [5.74, 6) is -1.58. The minimum absolute atomic E-state index is 0.0123. The first-order valence-electron chi connectivity index (χ1n) is 15.5. The molecule has 0 aliphatic heterocycles. The summed E-state index contributed by atoms with van der Waals surface area (Å²) < 4.78 is 48.6. The van der Waals surface area contributed by atoms with Gasteiger partial charge in [0.05, 0.1) is 28.9 Å². The zero-order chi connectivity index (χ0) is 32.9. The first-order chi connectivity index (χ1) is 21.2. The molecule has 2 aromatic rings. The third-order valence-corrected chi connectivity index (χ3v) is 8.35. The van der Waals surface area contributed by atoms with E-state index < -0.39 is 34.5 Å². The number of rotatable bonds is 13. The zero-order valence-corrected chi connectivity index (χ0v) is 25.8. The summed E-state index contributed by atoms with van der Waals surface area (Å²) in [5, 5.41) is 10.3. The maximum atomic E-state index is 13.9. The van der Waals surface area contributed by atoms with Crippen molar-refractivity contribution in [3.63, 3.8) is 0 Å². The number of ether oxygens (including phenoxy) is 1. The zero-order valence-electron chi connectivity index (χ0n) is 25.8. The Bertz CT molecular complexity index is 1380. The van der Waals surface area contributed by atoms with E-state index in [-0.39, 0.29) is 60.4 Å². The number of aromatic nitrogens is 2. The highest BCUT2D eigenvalue weighted by atomic mass is 19.4. The van der Waals surface area contributed by atoms with Gasteiger partial charge in [0.1, 0.15) is 6.10 Å². The Labute approximate surface area is 260 Å². The fraction of sp³-hybridized carbons (Fsp3) is 0.613. The Morgan fingerprint density at radius 1 is 1.18 bits per heavy atom. The SMILES string of the molecule is CC1(C)CC(=O)c2c(C(F)(F)F)nn(-c3ccc(C(N)=O)c(NC4CCC(OC(=O)CCNC[C@@H](N)CCCN)CC4)c3)c2C1. The van der Waals surface area contributed by atoms with Crippen molar-refractivity contribution in [1.29, 1.82) is 0 Å². The van der Waals surface area contributed by atoms with Crippen LogP contribution in [0.4, 0.5) is 18.9 Å². The number of hydrogen-bond donors (Lipinski definition) is 5. The number of halogens is 3. The van der Waals surface area contributed by atoms with Crippen LogP contribution in [-0.2, 0) is 22.1 Å². The fourth-order valence-corrected chi connectivity index (χ4v) is 6.11. The molecule has 0 unspecified atom stereocenters. The summed E-state index contributed by atoms with van der Waals surface area (Å²) in [6.07, 6.45) is -0.464. The number of Topliss-reactive ketones (excluding diaryl/α,β-unsaturated/α-hetero) is 1. The van der Waals surface area contributed by atoms with Crippen molar-refractivity contribution in [3.8, 4) is 5.69 Å². The number of nitrogens with two attached hydrogens (primary N) is 3. The van der Waals surface area contributed by atoms with Gasteiger partial charge in [-0.25, -0.2) is 4.68 Å². The van der Waals surface area contributed by atoms with Crippen LogP contribution in [0.15, 0.2) is 18.2 Å². The number of fused-ring (bicyclic) bond motifs is 1. The van der Waals surface area contributed by atoms with E-state index in [4.69, 9.17) is 21.9 Å². The summed E-state index contributed by atoms with van der Waals surface area (Å²) in [7, 11) is 0. The molecule has 0 saturated heterocycles. The molecule has 2 aliphatic rings. The monoisotopic (exact) mass is 635 g/mol. The number of amides is 1. The van der Waals surface area contributed by atoms with Crippen LogP contribution in [0.3, 0.4) is 0 Å². The molecule has 0 bridgehead atoms. The minimum Gasteiger partial charge on any atom is -0.462 e. The average Bonchev–Trinajstić information content (AvgIpc) is 3.34. The second kappa shape index (κ2) is 14.3. The first kappa shape index (κ1) is 34.4. The second-order valence-electron chi connectivity index (χ2n) is 12.9. The van der Waals surface area contributed by atoms with Crippen molar-refractivity contribution >= 4 is 23.3 Å². The van der Waals surface area contributed by atoms with Crippen molar-refractivity contribution < 1.29 is 32.3 Å². The molecule has 1 heterocycles. The number of primary amides is 1. The van der Waals surface area contributed by atoms with Gasteiger partial charge in [-0.3, -0.25) is 14.4 Å². The molecule has 11 nitrogen and oxygen atoms in total. The van der Waals surface area contributed by atoms with Gasteiger partial charge in [-0.2, -0.15) is 18.3 Å². The van der Waals surface area contributed by atoms with E-state index in [1.165, 1.54) is 12.1 Å². The van der Waals surface area contributed by atoms with Gasteiger partial charge in [-0.15, -0.1) is 0 Å². The lowest BCUT2D eigenvalue weighted by Crippen LogP contribution is -2.36. The summed E-state index contributed by atoms with van der Waals surface area (Å²) in [5.41, 5.74) is 16.0. The molecular formula is C31H44F3N7O4. The van der Waals surface area contributed by atoms with E-state index in [9.17, 15) is 27.6 Å². The number of anilines is 1. The topological polar surface area (TPSA) is 180 Å². The van der Waals surface area contributed by atoms with Crippen molar-refractivity contribution in [1.82, 2.24) is 15.1 Å². The van der Waals surface area contributed by atoms with Gasteiger partial charge in [0, 0.05) is 37.3 Å². The van der Waals surface area contributed by atoms with Crippen molar-refractivity contribution in [2.24, 2.45) is 22.6 Å². The summed E-state index contributed by atoms with van der Waals surface area (Å²) in [4.78, 5) is 37.4. The van der Waals surface area contributed by atoms with E-state index in [2.05, 4.69) is 15.7 Å². The number of carbonyl (C=O) groups excluding carboxylic acids is 3. The molecule has 1 aromatic carbocycles. The van der Waals surface area contributed by atoms with Gasteiger partial charge in [0.25, 0.3) is 5.91 Å². The molecule has 1 amide bonds. The molecule has 4 rings (SSSR count). The number of esters is 1. The van der Waals surface area contributed by atoms with E-state index in [1.54, 1.807) is 6.07 Å². The molecule has 45 heavy (non-hydrogen) atoms. The van der Waals surface area contributed by atoms with Gasteiger partial charge in [-0.1, -0.05) is 13.8 Å². The number of nitrogens with one attached hydrogen (secondary N) is 2. The predicted molar refractivity (Wildman–Crippen MR) is 163 cm³/mol. The molecule has 1 aromatic heterocycles. The highest BCUT2D eigenvalue weighted by Gasteiger charge is 2.45. The second-order valence-corrected chi connectivity index (χ2v) is 12.9. The van der Waals surface area contributed by atoms with Crippen LogP contribution in [0.1, 0.15) is 97.3 Å². The van der Waals surface area contributed by atoms with Crippen LogP contribution < -0.4 is 27.8 Å². The van der Waals surface area contributed by atoms with Crippen LogP contribution in [0.2, 0.25) is 0 Å². The summed E-state index contributed by atoms with van der Waals surface area (Å²) >= 11 is 0. The largest absolute Gasteiger partial charge is 0.462 e. The predicted octanol–water partition coefficient (Wildman–Crippen LogP) is 3.46.